The van der Waals surface area contributed by atoms with Crippen molar-refractivity contribution in [1.29, 1.82) is 0 Å². The minimum atomic E-state index is -4.35. The van der Waals surface area contributed by atoms with Crippen LogP contribution in [0.1, 0.15) is 11.1 Å². The fourth-order valence-corrected chi connectivity index (χ4v) is 1.51. The van der Waals surface area contributed by atoms with Crippen LogP contribution in [0.25, 0.3) is 0 Å². The summed E-state index contributed by atoms with van der Waals surface area (Å²) in [4.78, 5) is 0. The van der Waals surface area contributed by atoms with Gasteiger partial charge in [0.1, 0.15) is 11.5 Å². The highest BCUT2D eigenvalue weighted by atomic mass is 19.4. The second kappa shape index (κ2) is 5.32. The molecule has 0 aromatic heterocycles. The van der Waals surface area contributed by atoms with Gasteiger partial charge in [-0.2, -0.15) is 13.2 Å². The Morgan fingerprint density at radius 1 is 0.842 bits per heavy atom. The lowest BCUT2D eigenvalue weighted by Crippen LogP contribution is -2.03. The summed E-state index contributed by atoms with van der Waals surface area (Å²) in [7, 11) is 0. The molecule has 0 bridgehead atoms. The van der Waals surface area contributed by atoms with Gasteiger partial charge in [0.15, 0.2) is 0 Å². The zero-order valence-electron chi connectivity index (χ0n) is 9.82. The molecule has 2 nitrogen and oxygen atoms in total. The molecular weight excluding hydrogens is 257 g/mol. The topological polar surface area (TPSA) is 29.5 Å². The van der Waals surface area contributed by atoms with Gasteiger partial charge in [0.25, 0.3) is 0 Å². The van der Waals surface area contributed by atoms with Crippen LogP contribution in [0.4, 0.5) is 13.2 Å². The van der Waals surface area contributed by atoms with Gasteiger partial charge in [-0.05, 0) is 42.0 Å². The quantitative estimate of drug-likeness (QED) is 0.912. The van der Waals surface area contributed by atoms with Gasteiger partial charge in [0.2, 0.25) is 0 Å². The van der Waals surface area contributed by atoms with Crippen molar-refractivity contribution in [3.8, 4) is 11.5 Å². The molecule has 2 aromatic carbocycles. The molecule has 2 aromatic rings. The zero-order chi connectivity index (χ0) is 13.9. The van der Waals surface area contributed by atoms with Crippen molar-refractivity contribution < 1.29 is 23.0 Å². The average Bonchev–Trinajstić information content (AvgIpc) is 2.39. The number of hydrogen-bond donors (Lipinski definition) is 1. The van der Waals surface area contributed by atoms with Crippen LogP contribution in [0.5, 0.6) is 11.5 Å². The largest absolute Gasteiger partial charge is 0.457 e. The Morgan fingerprint density at radius 3 is 1.74 bits per heavy atom. The molecule has 1 N–H and O–H groups in total. The van der Waals surface area contributed by atoms with Crippen molar-refractivity contribution in [2.24, 2.45) is 0 Å². The van der Waals surface area contributed by atoms with Crippen LogP contribution in [-0.2, 0) is 12.8 Å². The molecule has 0 radical (unpaired) electrons. The number of aliphatic hydroxyl groups is 1. The van der Waals surface area contributed by atoms with Crippen LogP contribution < -0.4 is 4.74 Å². The van der Waals surface area contributed by atoms with Crippen LogP contribution in [0.15, 0.2) is 48.5 Å². The van der Waals surface area contributed by atoms with E-state index in [0.717, 1.165) is 17.7 Å². The van der Waals surface area contributed by atoms with Gasteiger partial charge >= 0.3 is 6.18 Å². The van der Waals surface area contributed by atoms with Gasteiger partial charge in [-0.15, -0.1) is 0 Å². The highest BCUT2D eigenvalue weighted by Gasteiger charge is 2.29. The third-order valence-corrected chi connectivity index (χ3v) is 2.52. The Bertz CT molecular complexity index is 530. The van der Waals surface area contributed by atoms with E-state index >= 15 is 0 Å². The van der Waals surface area contributed by atoms with Crippen molar-refractivity contribution in [2.75, 3.05) is 0 Å². The van der Waals surface area contributed by atoms with Crippen LogP contribution in [0, 0.1) is 0 Å². The molecule has 0 aliphatic carbocycles. The molecule has 5 heteroatoms. The summed E-state index contributed by atoms with van der Waals surface area (Å²) in [5.74, 6) is 0.821. The van der Waals surface area contributed by atoms with Crippen LogP contribution in [0.3, 0.4) is 0 Å². The molecule has 0 fully saturated rings. The number of alkyl halides is 3. The maximum atomic E-state index is 12.4. The fraction of sp³-hybridized carbons (Fsp3) is 0.143. The van der Waals surface area contributed by atoms with Crippen molar-refractivity contribution in [2.45, 2.75) is 12.8 Å². The predicted molar refractivity (Wildman–Crippen MR) is 63.9 cm³/mol. The Labute approximate surface area is 108 Å². The number of benzene rings is 2. The SMILES string of the molecule is OCc1ccc(Oc2ccc(C(F)(F)F)cc2)cc1. The molecular formula is C14H11F3O2. The zero-order valence-corrected chi connectivity index (χ0v) is 9.82. The molecule has 2 rings (SSSR count). The van der Waals surface area contributed by atoms with E-state index in [9.17, 15) is 13.2 Å². The Balaban J connectivity index is 2.10. The van der Waals surface area contributed by atoms with E-state index in [4.69, 9.17) is 9.84 Å². The highest BCUT2D eigenvalue weighted by Crippen LogP contribution is 2.31. The highest BCUT2D eigenvalue weighted by molar-refractivity contribution is 5.35. The van der Waals surface area contributed by atoms with E-state index in [1.165, 1.54) is 12.1 Å². The van der Waals surface area contributed by atoms with E-state index in [2.05, 4.69) is 0 Å². The molecule has 0 spiro atoms. The van der Waals surface area contributed by atoms with Gasteiger partial charge in [0, 0.05) is 0 Å². The predicted octanol–water partition coefficient (Wildman–Crippen LogP) is 3.99. The van der Waals surface area contributed by atoms with E-state index in [1.807, 2.05) is 0 Å². The molecule has 0 amide bonds. The summed E-state index contributed by atoms with van der Waals surface area (Å²) in [6.07, 6.45) is -4.35. The normalized spacial score (nSPS) is 11.4. The Hall–Kier alpha value is -2.01. The number of aliphatic hydroxyl groups excluding tert-OH is 1. The summed E-state index contributed by atoms with van der Waals surface area (Å²) in [6, 6.07) is 11.1. The van der Waals surface area contributed by atoms with E-state index in [-0.39, 0.29) is 6.61 Å². The lowest BCUT2D eigenvalue weighted by molar-refractivity contribution is -0.137. The summed E-state index contributed by atoms with van der Waals surface area (Å²) >= 11 is 0. The third kappa shape index (κ3) is 3.48. The van der Waals surface area contributed by atoms with Crippen molar-refractivity contribution in [3.05, 3.63) is 59.7 Å². The van der Waals surface area contributed by atoms with E-state index in [1.54, 1.807) is 24.3 Å². The monoisotopic (exact) mass is 268 g/mol. The number of halogens is 3. The summed E-state index contributed by atoms with van der Waals surface area (Å²) in [5.41, 5.74) is 0.0234. The number of rotatable bonds is 3. The minimum Gasteiger partial charge on any atom is -0.457 e. The van der Waals surface area contributed by atoms with Gasteiger partial charge in [-0.25, -0.2) is 0 Å². The first-order valence-electron chi connectivity index (χ1n) is 5.54. The maximum Gasteiger partial charge on any atom is 0.416 e. The summed E-state index contributed by atoms with van der Waals surface area (Å²) in [6.45, 7) is -0.0689. The van der Waals surface area contributed by atoms with Crippen LogP contribution >= 0.6 is 0 Å². The Kier molecular flexibility index (Phi) is 3.76. The van der Waals surface area contributed by atoms with Gasteiger partial charge in [-0.3, -0.25) is 0 Å². The van der Waals surface area contributed by atoms with Gasteiger partial charge < -0.3 is 9.84 Å². The lowest BCUT2D eigenvalue weighted by atomic mass is 10.2. The average molecular weight is 268 g/mol. The maximum absolute atomic E-state index is 12.4. The fourth-order valence-electron chi connectivity index (χ4n) is 1.51. The second-order valence-corrected chi connectivity index (χ2v) is 3.93. The third-order valence-electron chi connectivity index (χ3n) is 2.52. The molecule has 0 unspecified atom stereocenters. The first kappa shape index (κ1) is 13.4. The summed E-state index contributed by atoms with van der Waals surface area (Å²) < 4.78 is 42.5. The summed E-state index contributed by atoms with van der Waals surface area (Å²) in [5, 5.41) is 8.88. The lowest BCUT2D eigenvalue weighted by Gasteiger charge is -2.09. The smallest absolute Gasteiger partial charge is 0.416 e. The first-order chi connectivity index (χ1) is 8.99. The van der Waals surface area contributed by atoms with Gasteiger partial charge in [-0.1, -0.05) is 12.1 Å². The van der Waals surface area contributed by atoms with Crippen molar-refractivity contribution in [3.63, 3.8) is 0 Å². The van der Waals surface area contributed by atoms with E-state index < -0.39 is 11.7 Å². The molecule has 19 heavy (non-hydrogen) atoms. The Morgan fingerprint density at radius 2 is 1.32 bits per heavy atom. The minimum absolute atomic E-state index is 0.0689. The molecule has 0 aliphatic rings. The second-order valence-electron chi connectivity index (χ2n) is 3.93. The standard InChI is InChI=1S/C14H11F3O2/c15-14(16,17)11-3-7-13(8-4-11)19-12-5-1-10(9-18)2-6-12/h1-8,18H,9H2. The molecule has 0 aliphatic heterocycles. The van der Waals surface area contributed by atoms with Crippen LogP contribution in [-0.4, -0.2) is 5.11 Å². The van der Waals surface area contributed by atoms with Crippen molar-refractivity contribution in [1.82, 2.24) is 0 Å². The first-order valence-corrected chi connectivity index (χ1v) is 5.54. The molecule has 0 saturated carbocycles. The number of ether oxygens (including phenoxy) is 1. The number of hydrogen-bond acceptors (Lipinski definition) is 2. The molecule has 100 valence electrons. The molecule has 0 atom stereocenters. The van der Waals surface area contributed by atoms with Crippen molar-refractivity contribution >= 4 is 0 Å². The molecule has 0 saturated heterocycles. The molecule has 0 heterocycles. The van der Waals surface area contributed by atoms with Crippen LogP contribution in [0.2, 0.25) is 0 Å². The van der Waals surface area contributed by atoms with E-state index in [0.29, 0.717) is 11.5 Å². The van der Waals surface area contributed by atoms with Gasteiger partial charge in [0.05, 0.1) is 12.2 Å².